The zero-order chi connectivity index (χ0) is 23.5. The zero-order valence-electron chi connectivity index (χ0n) is 22.1. The molecule has 0 saturated heterocycles. The second-order valence-electron chi connectivity index (χ2n) is 10.2. The van der Waals surface area contributed by atoms with Crippen LogP contribution in [0.25, 0.3) is 0 Å². The first-order chi connectivity index (χ1) is 15.8. The van der Waals surface area contributed by atoms with E-state index >= 15 is 0 Å². The molecule has 32 heavy (non-hydrogen) atoms. The minimum atomic E-state index is -0.332. The molecule has 0 aliphatic carbocycles. The Morgan fingerprint density at radius 2 is 0.812 bits per heavy atom. The van der Waals surface area contributed by atoms with Gasteiger partial charge in [0, 0.05) is 6.42 Å². The highest BCUT2D eigenvalue weighted by atomic mass is 16.1. The van der Waals surface area contributed by atoms with Gasteiger partial charge in [0.1, 0.15) is 12.1 Å². The maximum absolute atomic E-state index is 12.3. The smallest absolute Gasteiger partial charge is 0.143 e. The fourth-order valence-corrected chi connectivity index (χ4v) is 4.66. The average Bonchev–Trinajstić information content (AvgIpc) is 2.80. The third kappa shape index (κ3) is 22.5. The van der Waals surface area contributed by atoms with Crippen molar-refractivity contribution in [1.82, 2.24) is 0 Å². The third-order valence-corrected chi connectivity index (χ3v) is 6.97. The van der Waals surface area contributed by atoms with Crippen LogP contribution in [0.3, 0.4) is 0 Å². The van der Waals surface area contributed by atoms with E-state index < -0.39 is 0 Å². The van der Waals surface area contributed by atoms with Gasteiger partial charge in [-0.15, -0.1) is 0 Å². The Morgan fingerprint density at radius 3 is 1.16 bits per heavy atom. The van der Waals surface area contributed by atoms with E-state index in [-0.39, 0.29) is 11.7 Å². The van der Waals surface area contributed by atoms with Gasteiger partial charge < -0.3 is 4.79 Å². The molecule has 0 aliphatic rings. The summed E-state index contributed by atoms with van der Waals surface area (Å²) in [5.74, 6) is -0.140. The fraction of sp³-hybridized carbons (Fsp3) is 0.933. The van der Waals surface area contributed by atoms with Crippen LogP contribution in [0.5, 0.6) is 0 Å². The highest BCUT2D eigenvalue weighted by Crippen LogP contribution is 2.17. The number of Topliss-reactive ketones (excluding diaryl/α,β-unsaturated/α-hetero) is 1. The minimum Gasteiger partial charge on any atom is -0.303 e. The summed E-state index contributed by atoms with van der Waals surface area (Å²) in [5, 5.41) is 0. The van der Waals surface area contributed by atoms with Crippen molar-refractivity contribution in [2.24, 2.45) is 5.92 Å². The maximum Gasteiger partial charge on any atom is 0.143 e. The molecule has 0 aromatic rings. The summed E-state index contributed by atoms with van der Waals surface area (Å²) in [6.07, 6.45) is 32.4. The molecule has 0 aromatic heterocycles. The average molecular weight is 451 g/mol. The van der Waals surface area contributed by atoms with Crippen molar-refractivity contribution in [3.63, 3.8) is 0 Å². The van der Waals surface area contributed by atoms with Gasteiger partial charge in [-0.05, 0) is 12.8 Å². The Bertz CT molecular complexity index is 390. The van der Waals surface area contributed by atoms with E-state index in [1.54, 1.807) is 0 Å². The number of ketones is 1. The molecule has 0 saturated carbocycles. The normalized spacial score (nSPS) is 12.2. The summed E-state index contributed by atoms with van der Waals surface area (Å²) in [4.78, 5) is 23.7. The van der Waals surface area contributed by atoms with Gasteiger partial charge in [0.25, 0.3) is 0 Å². The van der Waals surface area contributed by atoms with Crippen molar-refractivity contribution in [2.45, 2.75) is 174 Å². The van der Waals surface area contributed by atoms with Crippen molar-refractivity contribution in [3.05, 3.63) is 0 Å². The topological polar surface area (TPSA) is 34.1 Å². The molecule has 2 heteroatoms. The number of aldehydes is 1. The maximum atomic E-state index is 12.3. The number of carbonyl (C=O) groups excluding carboxylic acids is 2. The Kier molecular flexibility index (Phi) is 26.0. The lowest BCUT2D eigenvalue weighted by Gasteiger charge is -2.09. The molecule has 0 radical (unpaired) electrons. The van der Waals surface area contributed by atoms with E-state index in [2.05, 4.69) is 13.8 Å². The quantitative estimate of drug-likeness (QED) is 0.0708. The summed E-state index contributed by atoms with van der Waals surface area (Å²) in [6.45, 7) is 4.53. The monoisotopic (exact) mass is 450 g/mol. The molecule has 1 atom stereocenters. The Morgan fingerprint density at radius 1 is 0.500 bits per heavy atom. The first kappa shape index (κ1) is 31.3. The van der Waals surface area contributed by atoms with Gasteiger partial charge in [-0.2, -0.15) is 0 Å². The van der Waals surface area contributed by atoms with E-state index in [0.717, 1.165) is 32.0 Å². The summed E-state index contributed by atoms with van der Waals surface area (Å²) in [6, 6.07) is 0. The van der Waals surface area contributed by atoms with Crippen LogP contribution in [-0.2, 0) is 9.59 Å². The van der Waals surface area contributed by atoms with Crippen LogP contribution >= 0.6 is 0 Å². The van der Waals surface area contributed by atoms with Crippen molar-refractivity contribution < 1.29 is 9.59 Å². The summed E-state index contributed by atoms with van der Waals surface area (Å²) < 4.78 is 0. The molecule has 0 fully saturated rings. The molecule has 0 amide bonds. The second-order valence-corrected chi connectivity index (χ2v) is 10.2. The van der Waals surface area contributed by atoms with Gasteiger partial charge in [-0.3, -0.25) is 4.79 Å². The van der Waals surface area contributed by atoms with Crippen molar-refractivity contribution in [3.8, 4) is 0 Å². The van der Waals surface area contributed by atoms with Crippen LogP contribution in [-0.4, -0.2) is 12.1 Å². The molecule has 0 aliphatic heterocycles. The van der Waals surface area contributed by atoms with Crippen LogP contribution in [0.2, 0.25) is 0 Å². The summed E-state index contributed by atoms with van der Waals surface area (Å²) in [7, 11) is 0. The zero-order valence-corrected chi connectivity index (χ0v) is 22.1. The second kappa shape index (κ2) is 26.6. The largest absolute Gasteiger partial charge is 0.303 e. The lowest BCUT2D eigenvalue weighted by Crippen LogP contribution is -2.15. The summed E-state index contributed by atoms with van der Waals surface area (Å²) in [5.41, 5.74) is 0. The van der Waals surface area contributed by atoms with Crippen LogP contribution in [0.4, 0.5) is 0 Å². The lowest BCUT2D eigenvalue weighted by atomic mass is 9.94. The third-order valence-electron chi connectivity index (χ3n) is 6.97. The number of hydrogen-bond acceptors (Lipinski definition) is 2. The van der Waals surface area contributed by atoms with Crippen molar-refractivity contribution >= 4 is 12.1 Å². The number of carbonyl (C=O) groups is 2. The predicted octanol–water partition coefficient (Wildman–Crippen LogP) is 10.2. The highest BCUT2D eigenvalue weighted by molar-refractivity contribution is 5.93. The van der Waals surface area contributed by atoms with Gasteiger partial charge in [-0.25, -0.2) is 0 Å². The predicted molar refractivity (Wildman–Crippen MR) is 141 cm³/mol. The van der Waals surface area contributed by atoms with Crippen molar-refractivity contribution in [1.29, 1.82) is 0 Å². The van der Waals surface area contributed by atoms with Gasteiger partial charge in [-0.1, -0.05) is 155 Å². The molecule has 190 valence electrons. The molecule has 2 nitrogen and oxygen atoms in total. The SMILES string of the molecule is CCCCCCCCCCCCCCCCC(C=O)C(=O)CCCCCCCCCCC. The van der Waals surface area contributed by atoms with Crippen LogP contribution in [0.15, 0.2) is 0 Å². The van der Waals surface area contributed by atoms with Gasteiger partial charge in [0.2, 0.25) is 0 Å². The molecular weight excluding hydrogens is 392 g/mol. The molecule has 0 N–H and O–H groups in total. The highest BCUT2D eigenvalue weighted by Gasteiger charge is 2.16. The Balaban J connectivity index is 3.43. The minimum absolute atomic E-state index is 0.192. The van der Waals surface area contributed by atoms with E-state index in [1.807, 2.05) is 0 Å². The molecular formula is C30H58O2. The standard InChI is InChI=1S/C30H58O2/c1-3-5-7-9-11-13-14-15-16-17-19-20-22-24-26-29(28-31)30(32)27-25-23-21-18-12-10-8-6-4-2/h28-29H,3-27H2,1-2H3. The van der Waals surface area contributed by atoms with Crippen LogP contribution < -0.4 is 0 Å². The van der Waals surface area contributed by atoms with E-state index in [0.29, 0.717) is 6.42 Å². The molecule has 0 bridgehead atoms. The van der Waals surface area contributed by atoms with Crippen LogP contribution in [0, 0.1) is 5.92 Å². The molecule has 1 unspecified atom stereocenters. The first-order valence-corrected chi connectivity index (χ1v) is 14.7. The first-order valence-electron chi connectivity index (χ1n) is 14.7. The molecule has 0 rings (SSSR count). The Labute approximate surface area is 202 Å². The molecule has 0 heterocycles. The molecule has 0 spiro atoms. The lowest BCUT2D eigenvalue weighted by molar-refractivity contribution is -0.127. The number of rotatable bonds is 27. The summed E-state index contributed by atoms with van der Waals surface area (Å²) >= 11 is 0. The fourth-order valence-electron chi connectivity index (χ4n) is 4.66. The number of hydrogen-bond donors (Lipinski definition) is 0. The number of unbranched alkanes of at least 4 members (excludes halogenated alkanes) is 21. The van der Waals surface area contributed by atoms with E-state index in [4.69, 9.17) is 0 Å². The Hall–Kier alpha value is -0.660. The van der Waals surface area contributed by atoms with Gasteiger partial charge >= 0.3 is 0 Å². The van der Waals surface area contributed by atoms with Crippen molar-refractivity contribution in [2.75, 3.05) is 0 Å². The van der Waals surface area contributed by atoms with Crippen LogP contribution in [0.1, 0.15) is 174 Å². The molecule has 0 aromatic carbocycles. The van der Waals surface area contributed by atoms with E-state index in [9.17, 15) is 9.59 Å². The van der Waals surface area contributed by atoms with Gasteiger partial charge in [0.05, 0.1) is 5.92 Å². The van der Waals surface area contributed by atoms with Gasteiger partial charge in [0.15, 0.2) is 0 Å². The van der Waals surface area contributed by atoms with E-state index in [1.165, 1.54) is 128 Å².